The molecule has 1 amide bonds. The van der Waals surface area contributed by atoms with Gasteiger partial charge in [-0.3, -0.25) is 14.5 Å². The lowest BCUT2D eigenvalue weighted by Crippen LogP contribution is -2.54. The van der Waals surface area contributed by atoms with E-state index < -0.39 is 6.04 Å². The molecule has 24 heavy (non-hydrogen) atoms. The van der Waals surface area contributed by atoms with Gasteiger partial charge in [0.15, 0.2) is 0 Å². The molecule has 0 radical (unpaired) electrons. The molecule has 0 aromatic carbocycles. The van der Waals surface area contributed by atoms with Crippen molar-refractivity contribution in [2.45, 2.75) is 57.5 Å². The Morgan fingerprint density at radius 2 is 1.92 bits per heavy atom. The molecule has 2 heterocycles. The van der Waals surface area contributed by atoms with Crippen LogP contribution in [0.3, 0.4) is 0 Å². The highest BCUT2D eigenvalue weighted by atomic mass is 16.2. The van der Waals surface area contributed by atoms with E-state index in [9.17, 15) is 9.59 Å². The lowest BCUT2D eigenvalue weighted by atomic mass is 9.91. The van der Waals surface area contributed by atoms with Crippen LogP contribution in [0.5, 0.6) is 0 Å². The standard InChI is InChI=1S/C18H26N4O2/c1-13(22-17(23)12-14-4-2-7-16(14)19-22)18(24)21-10-8-20(9-11-21)15-5-3-6-15/h12-13,15H,2-11H2,1H3. The number of hydrogen-bond acceptors (Lipinski definition) is 4. The summed E-state index contributed by atoms with van der Waals surface area (Å²) >= 11 is 0. The Kier molecular flexibility index (Phi) is 4.16. The van der Waals surface area contributed by atoms with Gasteiger partial charge in [0.2, 0.25) is 5.91 Å². The summed E-state index contributed by atoms with van der Waals surface area (Å²) in [5.74, 6) is 0.0239. The molecule has 1 atom stereocenters. The highest BCUT2D eigenvalue weighted by Gasteiger charge is 2.31. The molecule has 130 valence electrons. The smallest absolute Gasteiger partial charge is 0.267 e. The number of fused-ring (bicyclic) bond motifs is 1. The third-order valence-corrected chi connectivity index (χ3v) is 5.92. The zero-order valence-corrected chi connectivity index (χ0v) is 14.4. The number of aromatic nitrogens is 2. The Morgan fingerprint density at radius 1 is 1.17 bits per heavy atom. The molecule has 2 aliphatic carbocycles. The first-order valence-corrected chi connectivity index (χ1v) is 9.28. The maximum absolute atomic E-state index is 12.8. The van der Waals surface area contributed by atoms with Gasteiger partial charge in [-0.25, -0.2) is 4.68 Å². The molecule has 1 saturated carbocycles. The van der Waals surface area contributed by atoms with E-state index in [4.69, 9.17) is 0 Å². The molecule has 1 aromatic heterocycles. The van der Waals surface area contributed by atoms with E-state index >= 15 is 0 Å². The molecule has 1 saturated heterocycles. The number of carbonyl (C=O) groups is 1. The largest absolute Gasteiger partial charge is 0.338 e. The molecule has 3 aliphatic rings. The third kappa shape index (κ3) is 2.77. The van der Waals surface area contributed by atoms with E-state index in [2.05, 4.69) is 10.00 Å². The van der Waals surface area contributed by atoms with Crippen LogP contribution in [0.25, 0.3) is 0 Å². The van der Waals surface area contributed by atoms with Crippen LogP contribution < -0.4 is 5.56 Å². The van der Waals surface area contributed by atoms with E-state index in [1.165, 1.54) is 23.9 Å². The van der Waals surface area contributed by atoms with Gasteiger partial charge in [0.1, 0.15) is 6.04 Å². The van der Waals surface area contributed by atoms with E-state index in [0.29, 0.717) is 0 Å². The summed E-state index contributed by atoms with van der Waals surface area (Å²) in [4.78, 5) is 29.6. The Morgan fingerprint density at radius 3 is 2.58 bits per heavy atom. The van der Waals surface area contributed by atoms with E-state index in [-0.39, 0.29) is 11.5 Å². The zero-order valence-electron chi connectivity index (χ0n) is 14.4. The van der Waals surface area contributed by atoms with Crippen LogP contribution in [0, 0.1) is 0 Å². The highest BCUT2D eigenvalue weighted by molar-refractivity contribution is 5.80. The van der Waals surface area contributed by atoms with E-state index in [1.54, 1.807) is 13.0 Å². The second-order valence-electron chi connectivity index (χ2n) is 7.37. The normalized spacial score (nSPS) is 23.0. The topological polar surface area (TPSA) is 58.4 Å². The van der Waals surface area contributed by atoms with Gasteiger partial charge in [0.25, 0.3) is 5.56 Å². The second kappa shape index (κ2) is 6.31. The van der Waals surface area contributed by atoms with Gasteiger partial charge >= 0.3 is 0 Å². The van der Waals surface area contributed by atoms with Gasteiger partial charge in [-0.2, -0.15) is 5.10 Å². The molecule has 0 bridgehead atoms. The fourth-order valence-electron chi connectivity index (χ4n) is 4.12. The second-order valence-corrected chi connectivity index (χ2v) is 7.37. The Labute approximate surface area is 142 Å². The van der Waals surface area contributed by atoms with Crippen LogP contribution in [0.2, 0.25) is 0 Å². The van der Waals surface area contributed by atoms with Gasteiger partial charge in [-0.05, 0) is 44.6 Å². The molecule has 0 N–H and O–H groups in total. The van der Waals surface area contributed by atoms with Crippen LogP contribution in [0.1, 0.15) is 49.9 Å². The van der Waals surface area contributed by atoms with Crippen LogP contribution in [-0.4, -0.2) is 57.7 Å². The maximum Gasteiger partial charge on any atom is 0.267 e. The average Bonchev–Trinajstić information content (AvgIpc) is 2.99. The fourth-order valence-corrected chi connectivity index (χ4v) is 4.12. The Hall–Kier alpha value is -1.69. The van der Waals surface area contributed by atoms with Crippen LogP contribution >= 0.6 is 0 Å². The maximum atomic E-state index is 12.8. The number of amides is 1. The zero-order chi connectivity index (χ0) is 16.7. The van der Waals surface area contributed by atoms with Crippen molar-refractivity contribution in [2.75, 3.05) is 26.2 Å². The predicted octanol–water partition coefficient (Wildman–Crippen LogP) is 0.990. The van der Waals surface area contributed by atoms with Crippen LogP contribution in [0.4, 0.5) is 0 Å². The highest BCUT2D eigenvalue weighted by Crippen LogP contribution is 2.26. The summed E-state index contributed by atoms with van der Waals surface area (Å²) in [5.41, 5.74) is 1.90. The summed E-state index contributed by atoms with van der Waals surface area (Å²) < 4.78 is 1.39. The van der Waals surface area contributed by atoms with Gasteiger partial charge in [0, 0.05) is 38.3 Å². The first-order chi connectivity index (χ1) is 11.6. The monoisotopic (exact) mass is 330 g/mol. The lowest BCUT2D eigenvalue weighted by Gasteiger charge is -2.43. The van der Waals surface area contributed by atoms with Crippen molar-refractivity contribution < 1.29 is 4.79 Å². The van der Waals surface area contributed by atoms with Gasteiger partial charge in [-0.15, -0.1) is 0 Å². The van der Waals surface area contributed by atoms with Crippen molar-refractivity contribution in [3.05, 3.63) is 27.7 Å². The third-order valence-electron chi connectivity index (χ3n) is 5.92. The van der Waals surface area contributed by atoms with Gasteiger partial charge in [-0.1, -0.05) is 6.42 Å². The van der Waals surface area contributed by atoms with Crippen LogP contribution in [0.15, 0.2) is 10.9 Å². The Bertz CT molecular complexity index is 687. The Balaban J connectivity index is 1.44. The summed E-state index contributed by atoms with van der Waals surface area (Å²) in [6, 6.07) is 1.90. The molecule has 1 aliphatic heterocycles. The van der Waals surface area contributed by atoms with E-state index in [1.807, 2.05) is 4.90 Å². The number of carbonyl (C=O) groups excluding carboxylic acids is 1. The molecular weight excluding hydrogens is 304 g/mol. The molecule has 1 unspecified atom stereocenters. The lowest BCUT2D eigenvalue weighted by molar-refractivity contribution is -0.137. The molecule has 1 aromatic rings. The van der Waals surface area contributed by atoms with Gasteiger partial charge in [0.05, 0.1) is 5.69 Å². The predicted molar refractivity (Wildman–Crippen MR) is 91.0 cm³/mol. The summed E-state index contributed by atoms with van der Waals surface area (Å²) in [7, 11) is 0. The van der Waals surface area contributed by atoms with Crippen molar-refractivity contribution in [1.82, 2.24) is 19.6 Å². The first-order valence-electron chi connectivity index (χ1n) is 9.28. The number of nitrogens with zero attached hydrogens (tertiary/aromatic N) is 4. The average molecular weight is 330 g/mol. The van der Waals surface area contributed by atoms with Crippen molar-refractivity contribution in [1.29, 1.82) is 0 Å². The van der Waals surface area contributed by atoms with Gasteiger partial charge < -0.3 is 4.90 Å². The number of piperazine rings is 1. The minimum Gasteiger partial charge on any atom is -0.338 e. The first kappa shape index (κ1) is 15.8. The molecule has 6 heteroatoms. The van der Waals surface area contributed by atoms with Crippen molar-refractivity contribution in [3.8, 4) is 0 Å². The van der Waals surface area contributed by atoms with Crippen LogP contribution in [-0.2, 0) is 17.6 Å². The number of rotatable bonds is 3. The van der Waals surface area contributed by atoms with E-state index in [0.717, 1.165) is 62.7 Å². The number of hydrogen-bond donors (Lipinski definition) is 0. The van der Waals surface area contributed by atoms with Crippen molar-refractivity contribution >= 4 is 5.91 Å². The number of aryl methyl sites for hydroxylation is 2. The molecule has 6 nitrogen and oxygen atoms in total. The van der Waals surface area contributed by atoms with Crippen molar-refractivity contribution in [2.24, 2.45) is 0 Å². The molecule has 4 rings (SSSR count). The fraction of sp³-hybridized carbons (Fsp3) is 0.722. The minimum absolute atomic E-state index is 0.0239. The summed E-state index contributed by atoms with van der Waals surface area (Å²) in [6.45, 7) is 5.24. The minimum atomic E-state index is -0.515. The summed E-state index contributed by atoms with van der Waals surface area (Å²) in [6.07, 6.45) is 6.85. The molecular formula is C18H26N4O2. The summed E-state index contributed by atoms with van der Waals surface area (Å²) in [5, 5.41) is 4.48. The van der Waals surface area contributed by atoms with Crippen molar-refractivity contribution in [3.63, 3.8) is 0 Å². The SMILES string of the molecule is CC(C(=O)N1CCN(C2CCC2)CC1)n1nc2c(cc1=O)CCC2. The molecule has 0 spiro atoms. The quantitative estimate of drug-likeness (QED) is 0.829. The molecule has 2 fully saturated rings.